The number of carbonyl (C=O) groups is 2. The first-order valence-electron chi connectivity index (χ1n) is 8.28. The van der Waals surface area contributed by atoms with E-state index < -0.39 is 5.91 Å². The van der Waals surface area contributed by atoms with Crippen LogP contribution in [-0.2, 0) is 11.8 Å². The van der Waals surface area contributed by atoms with Gasteiger partial charge in [-0.3, -0.25) is 9.59 Å². The number of nitrogens with two attached hydrogens (primary N) is 1. The standard InChI is InChI=1S/C18H22N4O2S/c1-21-12-15(11-16(21)17(19)23)25-22-9-7-13(8-10-22)18(24)20-14-5-3-2-4-6-14/h2-6,11-13H,7-10H2,1H3,(H2,19,23)(H,20,24). The molecule has 1 fully saturated rings. The summed E-state index contributed by atoms with van der Waals surface area (Å²) in [6.45, 7) is 1.66. The maximum Gasteiger partial charge on any atom is 0.265 e. The van der Waals surface area contributed by atoms with Gasteiger partial charge in [-0.25, -0.2) is 4.31 Å². The first-order chi connectivity index (χ1) is 12.0. The van der Waals surface area contributed by atoms with Crippen molar-refractivity contribution in [2.75, 3.05) is 18.4 Å². The van der Waals surface area contributed by atoms with Gasteiger partial charge in [-0.05, 0) is 43.0 Å². The van der Waals surface area contributed by atoms with Gasteiger partial charge in [0.05, 0.1) is 0 Å². The van der Waals surface area contributed by atoms with Gasteiger partial charge in [0.1, 0.15) is 5.69 Å². The van der Waals surface area contributed by atoms with E-state index in [2.05, 4.69) is 9.62 Å². The molecular weight excluding hydrogens is 336 g/mol. The third-order valence-electron chi connectivity index (χ3n) is 4.33. The molecule has 0 aliphatic carbocycles. The minimum atomic E-state index is -0.425. The lowest BCUT2D eigenvalue weighted by molar-refractivity contribution is -0.120. The molecule has 3 rings (SSSR count). The molecule has 1 aromatic carbocycles. The molecule has 6 nitrogen and oxygen atoms in total. The van der Waals surface area contributed by atoms with Crippen LogP contribution in [0.1, 0.15) is 23.3 Å². The number of rotatable bonds is 5. The topological polar surface area (TPSA) is 80.4 Å². The molecule has 0 unspecified atom stereocenters. The zero-order valence-corrected chi connectivity index (χ0v) is 15.0. The molecule has 1 aromatic heterocycles. The van der Waals surface area contributed by atoms with Crippen LogP contribution in [0.25, 0.3) is 0 Å². The number of hydrogen-bond donors (Lipinski definition) is 2. The smallest absolute Gasteiger partial charge is 0.265 e. The predicted octanol–water partition coefficient (Wildman–Crippen LogP) is 2.48. The van der Waals surface area contributed by atoms with Crippen LogP contribution in [-0.4, -0.2) is 33.8 Å². The van der Waals surface area contributed by atoms with E-state index in [1.54, 1.807) is 22.6 Å². The second-order valence-corrected chi connectivity index (χ2v) is 7.36. The maximum absolute atomic E-state index is 12.4. The van der Waals surface area contributed by atoms with Crippen LogP contribution in [0.5, 0.6) is 0 Å². The number of carbonyl (C=O) groups excluding carboxylic acids is 2. The lowest BCUT2D eigenvalue weighted by Crippen LogP contribution is -2.34. The van der Waals surface area contributed by atoms with Gasteiger partial charge in [-0.15, -0.1) is 0 Å². The second kappa shape index (κ2) is 7.76. The molecule has 1 aliphatic rings. The van der Waals surface area contributed by atoms with Gasteiger partial charge >= 0.3 is 0 Å². The molecule has 7 heteroatoms. The molecule has 2 amide bonds. The lowest BCUT2D eigenvalue weighted by Gasteiger charge is -2.29. The number of nitrogens with zero attached hydrogens (tertiary/aromatic N) is 2. The summed E-state index contributed by atoms with van der Waals surface area (Å²) in [6.07, 6.45) is 3.54. The van der Waals surface area contributed by atoms with E-state index in [9.17, 15) is 9.59 Å². The summed E-state index contributed by atoms with van der Waals surface area (Å²) in [5.74, 6) is -0.300. The van der Waals surface area contributed by atoms with Gasteiger partial charge in [0, 0.05) is 42.8 Å². The highest BCUT2D eigenvalue weighted by atomic mass is 32.2. The normalized spacial score (nSPS) is 15.9. The fraction of sp³-hybridized carbons (Fsp3) is 0.333. The van der Waals surface area contributed by atoms with Crippen LogP contribution in [0.2, 0.25) is 0 Å². The van der Waals surface area contributed by atoms with E-state index >= 15 is 0 Å². The molecule has 0 saturated carbocycles. The molecule has 0 radical (unpaired) electrons. The largest absolute Gasteiger partial charge is 0.364 e. The van der Waals surface area contributed by atoms with Crippen LogP contribution in [0, 0.1) is 5.92 Å². The first-order valence-corrected chi connectivity index (χ1v) is 9.05. The summed E-state index contributed by atoms with van der Waals surface area (Å²) < 4.78 is 3.97. The Morgan fingerprint density at radius 2 is 1.88 bits per heavy atom. The Morgan fingerprint density at radius 3 is 2.48 bits per heavy atom. The van der Waals surface area contributed by atoms with Crippen molar-refractivity contribution in [1.82, 2.24) is 8.87 Å². The van der Waals surface area contributed by atoms with Crippen molar-refractivity contribution in [3.8, 4) is 0 Å². The van der Waals surface area contributed by atoms with Gasteiger partial charge < -0.3 is 15.6 Å². The van der Waals surface area contributed by atoms with E-state index in [1.165, 1.54) is 0 Å². The van der Waals surface area contributed by atoms with Crippen molar-refractivity contribution in [2.24, 2.45) is 18.7 Å². The average Bonchev–Trinajstić information content (AvgIpc) is 2.97. The fourth-order valence-corrected chi connectivity index (χ4v) is 4.01. The summed E-state index contributed by atoms with van der Waals surface area (Å²) in [4.78, 5) is 24.7. The molecule has 1 saturated heterocycles. The summed E-state index contributed by atoms with van der Waals surface area (Å²) in [5.41, 5.74) is 6.69. The van der Waals surface area contributed by atoms with Crippen LogP contribution >= 0.6 is 11.9 Å². The van der Waals surface area contributed by atoms with Gasteiger partial charge in [-0.1, -0.05) is 18.2 Å². The van der Waals surface area contributed by atoms with Crippen LogP contribution in [0.15, 0.2) is 47.5 Å². The molecule has 2 aromatic rings. The lowest BCUT2D eigenvalue weighted by atomic mass is 9.97. The molecule has 0 atom stereocenters. The number of para-hydroxylation sites is 1. The third-order valence-corrected chi connectivity index (χ3v) is 5.39. The summed E-state index contributed by atoms with van der Waals surface area (Å²) >= 11 is 1.61. The Balaban J connectivity index is 1.51. The van der Waals surface area contributed by atoms with E-state index in [-0.39, 0.29) is 11.8 Å². The summed E-state index contributed by atoms with van der Waals surface area (Å²) in [6, 6.07) is 11.4. The molecule has 0 bridgehead atoms. The van der Waals surface area contributed by atoms with Gasteiger partial charge in [0.2, 0.25) is 5.91 Å². The summed E-state index contributed by atoms with van der Waals surface area (Å²) in [7, 11) is 1.81. The van der Waals surface area contributed by atoms with E-state index in [4.69, 9.17) is 5.73 Å². The van der Waals surface area contributed by atoms with E-state index in [1.807, 2.05) is 43.6 Å². The highest BCUT2D eigenvalue weighted by molar-refractivity contribution is 7.97. The summed E-state index contributed by atoms with van der Waals surface area (Å²) in [5, 5.41) is 2.98. The van der Waals surface area contributed by atoms with Crippen molar-refractivity contribution >= 4 is 29.4 Å². The molecule has 1 aliphatic heterocycles. The number of aromatic nitrogens is 1. The van der Waals surface area contributed by atoms with Gasteiger partial charge in [-0.2, -0.15) is 0 Å². The number of primary amides is 1. The number of anilines is 1. The first kappa shape index (κ1) is 17.6. The Hall–Kier alpha value is -2.25. The minimum Gasteiger partial charge on any atom is -0.364 e. The minimum absolute atomic E-state index is 0.0361. The average molecular weight is 358 g/mol. The van der Waals surface area contributed by atoms with Crippen molar-refractivity contribution in [3.63, 3.8) is 0 Å². The number of hydrogen-bond acceptors (Lipinski definition) is 4. The van der Waals surface area contributed by atoms with E-state index in [0.29, 0.717) is 5.69 Å². The Morgan fingerprint density at radius 1 is 1.20 bits per heavy atom. The SMILES string of the molecule is Cn1cc(SN2CCC(C(=O)Nc3ccccc3)CC2)cc1C(N)=O. The highest BCUT2D eigenvalue weighted by Gasteiger charge is 2.26. The van der Waals surface area contributed by atoms with Gasteiger partial charge in [0.25, 0.3) is 5.91 Å². The Kier molecular flexibility index (Phi) is 5.45. The molecule has 0 spiro atoms. The van der Waals surface area contributed by atoms with Crippen molar-refractivity contribution in [3.05, 3.63) is 48.3 Å². The molecule has 132 valence electrons. The Labute approximate surface area is 151 Å². The third kappa shape index (κ3) is 4.43. The van der Waals surface area contributed by atoms with Crippen molar-refractivity contribution in [1.29, 1.82) is 0 Å². The number of amides is 2. The zero-order valence-electron chi connectivity index (χ0n) is 14.1. The number of piperidine rings is 1. The molecular formula is C18H22N4O2S. The molecule has 2 heterocycles. The molecule has 3 N–H and O–H groups in total. The van der Waals surface area contributed by atoms with Crippen molar-refractivity contribution in [2.45, 2.75) is 17.7 Å². The predicted molar refractivity (Wildman–Crippen MR) is 99.2 cm³/mol. The zero-order chi connectivity index (χ0) is 17.8. The monoisotopic (exact) mass is 358 g/mol. The van der Waals surface area contributed by atoms with E-state index in [0.717, 1.165) is 36.5 Å². The number of aryl methyl sites for hydroxylation is 1. The number of nitrogens with one attached hydrogen (secondary N) is 1. The maximum atomic E-state index is 12.4. The Bertz CT molecular complexity index is 752. The van der Waals surface area contributed by atoms with Gasteiger partial charge in [0.15, 0.2) is 0 Å². The van der Waals surface area contributed by atoms with Crippen molar-refractivity contribution < 1.29 is 9.59 Å². The quantitative estimate of drug-likeness (QED) is 0.805. The second-order valence-electron chi connectivity index (χ2n) is 6.19. The fourth-order valence-electron chi connectivity index (χ4n) is 2.95. The molecule has 25 heavy (non-hydrogen) atoms. The number of benzene rings is 1. The van der Waals surface area contributed by atoms with Crippen LogP contribution in [0.4, 0.5) is 5.69 Å². The van der Waals surface area contributed by atoms with Crippen LogP contribution in [0.3, 0.4) is 0 Å². The van der Waals surface area contributed by atoms with Crippen LogP contribution < -0.4 is 11.1 Å². The highest BCUT2D eigenvalue weighted by Crippen LogP contribution is 2.30.